The molecule has 1 aliphatic heterocycles. The Balaban J connectivity index is 1.40. The maximum atomic E-state index is 14.2. The molecule has 3 aromatic carbocycles. The van der Waals surface area contributed by atoms with E-state index in [2.05, 4.69) is 10.1 Å². The van der Waals surface area contributed by atoms with Gasteiger partial charge in [-0.2, -0.15) is 0 Å². The zero-order valence-corrected chi connectivity index (χ0v) is 19.8. The quantitative estimate of drug-likeness (QED) is 0.430. The van der Waals surface area contributed by atoms with Crippen LogP contribution in [0, 0.1) is 12.7 Å². The number of ether oxygens (including phenoxy) is 1. The first-order valence-corrected chi connectivity index (χ1v) is 11.7. The van der Waals surface area contributed by atoms with Gasteiger partial charge in [-0.05, 0) is 42.3 Å². The molecule has 0 fully saturated rings. The molecular formula is C27H28ClFN2O3. The minimum Gasteiger partial charge on any atom is -0.491 e. The average molecular weight is 483 g/mol. The van der Waals surface area contributed by atoms with E-state index in [9.17, 15) is 9.50 Å². The summed E-state index contributed by atoms with van der Waals surface area (Å²) in [7, 11) is 0. The van der Waals surface area contributed by atoms with Gasteiger partial charge in [-0.15, -0.1) is 0 Å². The van der Waals surface area contributed by atoms with E-state index in [1.165, 1.54) is 6.07 Å². The molecule has 0 radical (unpaired) electrons. The summed E-state index contributed by atoms with van der Waals surface area (Å²) < 4.78 is 20.0. The Bertz CT molecular complexity index is 1140. The number of halogens is 2. The second-order valence-electron chi connectivity index (χ2n) is 8.50. The topological polar surface area (TPSA) is 54.3 Å². The van der Waals surface area contributed by atoms with Crippen molar-refractivity contribution in [2.24, 2.45) is 5.16 Å². The number of aliphatic hydroxyl groups excluding tert-OH is 1. The Kier molecular flexibility index (Phi) is 8.16. The van der Waals surface area contributed by atoms with Gasteiger partial charge in [0.2, 0.25) is 0 Å². The van der Waals surface area contributed by atoms with Crippen molar-refractivity contribution >= 4 is 17.3 Å². The zero-order valence-electron chi connectivity index (χ0n) is 19.0. The van der Waals surface area contributed by atoms with Crippen molar-refractivity contribution in [3.05, 3.63) is 100 Å². The number of hydrogen-bond acceptors (Lipinski definition) is 5. The highest BCUT2D eigenvalue weighted by Gasteiger charge is 2.27. The lowest BCUT2D eigenvalue weighted by molar-refractivity contribution is 0.0212. The smallest absolute Gasteiger partial charge is 0.145 e. The van der Waals surface area contributed by atoms with E-state index >= 15 is 0 Å². The second-order valence-corrected chi connectivity index (χ2v) is 8.94. The predicted octanol–water partition coefficient (Wildman–Crippen LogP) is 5.22. The molecule has 0 unspecified atom stereocenters. The Morgan fingerprint density at radius 3 is 2.74 bits per heavy atom. The lowest BCUT2D eigenvalue weighted by atomic mass is 10.0. The van der Waals surface area contributed by atoms with Crippen molar-refractivity contribution in [1.29, 1.82) is 0 Å². The summed E-state index contributed by atoms with van der Waals surface area (Å²) in [5.74, 6) is 0.440. The minimum absolute atomic E-state index is 0.166. The molecule has 0 saturated carbocycles. The maximum Gasteiger partial charge on any atom is 0.145 e. The van der Waals surface area contributed by atoms with Gasteiger partial charge < -0.3 is 14.7 Å². The zero-order chi connectivity index (χ0) is 23.9. The SMILES string of the molecule is Cc1ccccc1OC[C@H](O)CN(Cc1cccc(Cl)c1)C[C@H]1CC(c2ccccc2F)=NO1. The Labute approximate surface area is 204 Å². The van der Waals surface area contributed by atoms with Crippen molar-refractivity contribution < 1.29 is 19.1 Å². The fourth-order valence-corrected chi connectivity index (χ4v) is 4.23. The Morgan fingerprint density at radius 2 is 1.94 bits per heavy atom. The summed E-state index contributed by atoms with van der Waals surface area (Å²) in [6, 6.07) is 21.9. The first kappa shape index (κ1) is 24.2. The first-order valence-electron chi connectivity index (χ1n) is 11.3. The van der Waals surface area contributed by atoms with Crippen LogP contribution in [0.4, 0.5) is 4.39 Å². The van der Waals surface area contributed by atoms with Gasteiger partial charge in [0.25, 0.3) is 0 Å². The highest BCUT2D eigenvalue weighted by Crippen LogP contribution is 2.22. The summed E-state index contributed by atoms with van der Waals surface area (Å²) in [4.78, 5) is 7.72. The number of para-hydroxylation sites is 1. The first-order chi connectivity index (χ1) is 16.5. The Morgan fingerprint density at radius 1 is 1.15 bits per heavy atom. The van der Waals surface area contributed by atoms with Gasteiger partial charge in [0, 0.05) is 36.6 Å². The molecule has 1 heterocycles. The molecule has 0 amide bonds. The molecule has 2 atom stereocenters. The number of nitrogens with zero attached hydrogens (tertiary/aromatic N) is 2. The molecule has 0 aromatic heterocycles. The molecule has 0 saturated heterocycles. The van der Waals surface area contributed by atoms with Gasteiger partial charge in [0.05, 0.1) is 5.71 Å². The molecule has 178 valence electrons. The van der Waals surface area contributed by atoms with Gasteiger partial charge >= 0.3 is 0 Å². The molecule has 1 aliphatic rings. The molecule has 0 bridgehead atoms. The van der Waals surface area contributed by atoms with Crippen molar-refractivity contribution in [1.82, 2.24) is 4.90 Å². The van der Waals surface area contributed by atoms with E-state index in [4.69, 9.17) is 21.2 Å². The molecule has 0 aliphatic carbocycles. The summed E-state index contributed by atoms with van der Waals surface area (Å²) >= 11 is 6.17. The molecule has 34 heavy (non-hydrogen) atoms. The predicted molar refractivity (Wildman–Crippen MR) is 132 cm³/mol. The lowest BCUT2D eigenvalue weighted by Gasteiger charge is -2.27. The maximum absolute atomic E-state index is 14.2. The highest BCUT2D eigenvalue weighted by atomic mass is 35.5. The van der Waals surface area contributed by atoms with Crippen LogP contribution in [-0.2, 0) is 11.4 Å². The van der Waals surface area contributed by atoms with Gasteiger partial charge in [-0.25, -0.2) is 4.39 Å². The second kappa shape index (κ2) is 11.5. The Hall–Kier alpha value is -2.93. The number of oxime groups is 1. The van der Waals surface area contributed by atoms with E-state index in [1.54, 1.807) is 18.2 Å². The van der Waals surface area contributed by atoms with E-state index in [-0.39, 0.29) is 18.5 Å². The average Bonchev–Trinajstić information content (AvgIpc) is 3.27. The molecule has 4 rings (SSSR count). The summed E-state index contributed by atoms with van der Waals surface area (Å²) in [6.45, 7) is 3.58. The third kappa shape index (κ3) is 6.56. The van der Waals surface area contributed by atoms with Gasteiger partial charge in [-0.1, -0.05) is 65.3 Å². The molecule has 5 nitrogen and oxygen atoms in total. The van der Waals surface area contributed by atoms with Crippen LogP contribution in [0.5, 0.6) is 5.75 Å². The van der Waals surface area contributed by atoms with Gasteiger partial charge in [-0.3, -0.25) is 4.90 Å². The molecule has 1 N–H and O–H groups in total. The molecular weight excluding hydrogens is 455 g/mol. The van der Waals surface area contributed by atoms with Crippen LogP contribution in [0.15, 0.2) is 78.0 Å². The van der Waals surface area contributed by atoms with Gasteiger partial charge in [0.1, 0.15) is 30.4 Å². The molecule has 3 aromatic rings. The monoisotopic (exact) mass is 482 g/mol. The fraction of sp³-hybridized carbons (Fsp3) is 0.296. The van der Waals surface area contributed by atoms with E-state index in [1.807, 2.05) is 55.5 Å². The van der Waals surface area contributed by atoms with Crippen molar-refractivity contribution in [3.8, 4) is 5.75 Å². The fourth-order valence-electron chi connectivity index (χ4n) is 4.02. The third-order valence-corrected chi connectivity index (χ3v) is 5.90. The van der Waals surface area contributed by atoms with Crippen molar-refractivity contribution in [2.45, 2.75) is 32.1 Å². The van der Waals surface area contributed by atoms with E-state index in [0.29, 0.717) is 42.4 Å². The van der Waals surface area contributed by atoms with Crippen LogP contribution in [-0.4, -0.2) is 47.6 Å². The number of hydrogen-bond donors (Lipinski definition) is 1. The largest absolute Gasteiger partial charge is 0.491 e. The van der Waals surface area contributed by atoms with Crippen LogP contribution in [0.25, 0.3) is 0 Å². The minimum atomic E-state index is -0.716. The highest BCUT2D eigenvalue weighted by molar-refractivity contribution is 6.30. The number of aliphatic hydroxyl groups is 1. The number of rotatable bonds is 10. The summed E-state index contributed by atoms with van der Waals surface area (Å²) in [5.41, 5.74) is 3.09. The van der Waals surface area contributed by atoms with E-state index < -0.39 is 6.10 Å². The molecule has 0 spiro atoms. The van der Waals surface area contributed by atoms with Crippen molar-refractivity contribution in [2.75, 3.05) is 19.7 Å². The summed E-state index contributed by atoms with van der Waals surface area (Å²) in [5, 5.41) is 15.5. The third-order valence-electron chi connectivity index (χ3n) is 5.67. The van der Waals surface area contributed by atoms with Gasteiger partial charge in [0.15, 0.2) is 0 Å². The lowest BCUT2D eigenvalue weighted by Crippen LogP contribution is -2.39. The van der Waals surface area contributed by atoms with E-state index in [0.717, 1.165) is 16.9 Å². The molecule has 7 heteroatoms. The van der Waals surface area contributed by atoms with Crippen LogP contribution in [0.1, 0.15) is 23.1 Å². The normalized spacial score (nSPS) is 16.3. The van der Waals surface area contributed by atoms with Crippen molar-refractivity contribution in [3.63, 3.8) is 0 Å². The standard InChI is InChI=1S/C27H28ClFN2O3/c1-19-7-2-5-12-27(19)33-18-22(32)16-31(15-20-8-6-9-21(28)13-20)17-23-14-26(30-34-23)24-10-3-4-11-25(24)29/h2-13,22-23,32H,14-18H2,1H3/t22-,23-/m1/s1. The van der Waals surface area contributed by atoms with Crippen LogP contribution in [0.3, 0.4) is 0 Å². The number of benzene rings is 3. The van der Waals surface area contributed by atoms with Crippen LogP contribution >= 0.6 is 11.6 Å². The summed E-state index contributed by atoms with van der Waals surface area (Å²) in [6.07, 6.45) is -0.478. The number of aryl methyl sites for hydroxylation is 1. The van der Waals surface area contributed by atoms with Crippen LogP contribution < -0.4 is 4.74 Å². The van der Waals surface area contributed by atoms with Crippen LogP contribution in [0.2, 0.25) is 5.02 Å².